The molecular formula is C12H18N2S2. The third kappa shape index (κ3) is 3.25. The van der Waals surface area contributed by atoms with Crippen LogP contribution < -0.4 is 5.32 Å². The van der Waals surface area contributed by atoms with E-state index in [0.717, 1.165) is 24.7 Å². The topological polar surface area (TPSA) is 24.4 Å². The SMILES string of the molecule is CC(C)C1CN=C(NCCc2ccsc2)S1. The second kappa shape index (κ2) is 5.73. The van der Waals surface area contributed by atoms with Crippen LogP contribution in [0.15, 0.2) is 21.8 Å². The van der Waals surface area contributed by atoms with E-state index in [1.165, 1.54) is 5.56 Å². The molecule has 1 atom stereocenters. The van der Waals surface area contributed by atoms with E-state index in [1.54, 1.807) is 11.3 Å². The van der Waals surface area contributed by atoms with Gasteiger partial charge in [0, 0.05) is 11.8 Å². The molecular weight excluding hydrogens is 236 g/mol. The van der Waals surface area contributed by atoms with E-state index in [0.29, 0.717) is 11.2 Å². The van der Waals surface area contributed by atoms with Crippen molar-refractivity contribution >= 4 is 28.3 Å². The zero-order valence-corrected chi connectivity index (χ0v) is 11.4. The van der Waals surface area contributed by atoms with Crippen LogP contribution in [0, 0.1) is 5.92 Å². The number of amidine groups is 1. The van der Waals surface area contributed by atoms with E-state index < -0.39 is 0 Å². The van der Waals surface area contributed by atoms with Crippen molar-refractivity contribution in [3.05, 3.63) is 22.4 Å². The summed E-state index contributed by atoms with van der Waals surface area (Å²) in [6, 6.07) is 2.19. The van der Waals surface area contributed by atoms with E-state index in [-0.39, 0.29) is 0 Å². The minimum atomic E-state index is 0.670. The van der Waals surface area contributed by atoms with Gasteiger partial charge in [0.2, 0.25) is 0 Å². The summed E-state index contributed by atoms with van der Waals surface area (Å²) in [7, 11) is 0. The van der Waals surface area contributed by atoms with Crippen LogP contribution in [-0.2, 0) is 6.42 Å². The third-order valence-corrected chi connectivity index (χ3v) is 4.92. The molecule has 0 radical (unpaired) electrons. The molecule has 2 rings (SSSR count). The first-order chi connectivity index (χ1) is 7.75. The minimum absolute atomic E-state index is 0.670. The van der Waals surface area contributed by atoms with Crippen LogP contribution in [0.4, 0.5) is 0 Å². The zero-order chi connectivity index (χ0) is 11.4. The number of nitrogens with zero attached hydrogens (tertiary/aromatic N) is 1. The molecule has 0 bridgehead atoms. The molecule has 0 fully saturated rings. The molecule has 2 nitrogen and oxygen atoms in total. The average Bonchev–Trinajstić information content (AvgIpc) is 2.87. The van der Waals surface area contributed by atoms with Gasteiger partial charge in [-0.1, -0.05) is 25.6 Å². The van der Waals surface area contributed by atoms with E-state index >= 15 is 0 Å². The fourth-order valence-corrected chi connectivity index (χ4v) is 3.33. The van der Waals surface area contributed by atoms with Gasteiger partial charge in [0.25, 0.3) is 0 Å². The van der Waals surface area contributed by atoms with Crippen LogP contribution in [0.5, 0.6) is 0 Å². The van der Waals surface area contributed by atoms with Gasteiger partial charge in [-0.2, -0.15) is 11.3 Å². The van der Waals surface area contributed by atoms with E-state index in [1.807, 2.05) is 11.8 Å². The van der Waals surface area contributed by atoms with Crippen LogP contribution in [-0.4, -0.2) is 23.5 Å². The Morgan fingerprint density at radius 3 is 3.06 bits per heavy atom. The van der Waals surface area contributed by atoms with Gasteiger partial charge >= 0.3 is 0 Å². The summed E-state index contributed by atoms with van der Waals surface area (Å²) in [6.07, 6.45) is 1.09. The lowest BCUT2D eigenvalue weighted by Gasteiger charge is -2.12. The molecule has 4 heteroatoms. The molecule has 0 saturated heterocycles. The van der Waals surface area contributed by atoms with Crippen molar-refractivity contribution in [3.8, 4) is 0 Å². The smallest absolute Gasteiger partial charge is 0.156 e. The summed E-state index contributed by atoms with van der Waals surface area (Å²) in [5, 5.41) is 9.57. The van der Waals surface area contributed by atoms with E-state index in [2.05, 4.69) is 41.0 Å². The second-order valence-corrected chi connectivity index (χ2v) is 6.36. The first kappa shape index (κ1) is 12.0. The van der Waals surface area contributed by atoms with Gasteiger partial charge in [0.15, 0.2) is 5.17 Å². The van der Waals surface area contributed by atoms with Gasteiger partial charge in [0.05, 0.1) is 6.54 Å². The number of nitrogens with one attached hydrogen (secondary N) is 1. The van der Waals surface area contributed by atoms with Gasteiger partial charge in [-0.25, -0.2) is 0 Å². The normalized spacial score (nSPS) is 20.2. The molecule has 1 aliphatic heterocycles. The Balaban J connectivity index is 1.68. The molecule has 16 heavy (non-hydrogen) atoms. The Bertz CT molecular complexity index is 344. The van der Waals surface area contributed by atoms with Gasteiger partial charge < -0.3 is 5.32 Å². The molecule has 2 heterocycles. The van der Waals surface area contributed by atoms with E-state index in [9.17, 15) is 0 Å². The van der Waals surface area contributed by atoms with Crippen LogP contribution in [0.1, 0.15) is 19.4 Å². The first-order valence-electron chi connectivity index (χ1n) is 5.72. The maximum absolute atomic E-state index is 4.53. The number of thioether (sulfide) groups is 1. The summed E-state index contributed by atoms with van der Waals surface area (Å²) >= 11 is 3.66. The average molecular weight is 254 g/mol. The first-order valence-corrected chi connectivity index (χ1v) is 7.54. The van der Waals surface area contributed by atoms with Crippen LogP contribution >= 0.6 is 23.1 Å². The molecule has 1 unspecified atom stereocenters. The monoisotopic (exact) mass is 254 g/mol. The minimum Gasteiger partial charge on any atom is -0.365 e. The summed E-state index contributed by atoms with van der Waals surface area (Å²) < 4.78 is 0. The second-order valence-electron chi connectivity index (χ2n) is 4.35. The summed E-state index contributed by atoms with van der Waals surface area (Å²) in [5.41, 5.74) is 1.42. The molecule has 88 valence electrons. The van der Waals surface area contributed by atoms with Crippen molar-refractivity contribution < 1.29 is 0 Å². The van der Waals surface area contributed by atoms with Crippen molar-refractivity contribution in [2.24, 2.45) is 10.9 Å². The number of rotatable bonds is 4. The standard InChI is InChI=1S/C12H18N2S2/c1-9(2)11-7-14-12(16-11)13-5-3-10-4-6-15-8-10/h4,6,8-9,11H,3,5,7H2,1-2H3,(H,13,14). The molecule has 0 amide bonds. The van der Waals surface area contributed by atoms with Crippen molar-refractivity contribution in [1.82, 2.24) is 5.32 Å². The van der Waals surface area contributed by atoms with Gasteiger partial charge in [-0.15, -0.1) is 0 Å². The highest BCUT2D eigenvalue weighted by molar-refractivity contribution is 8.14. The number of hydrogen-bond donors (Lipinski definition) is 1. The quantitative estimate of drug-likeness (QED) is 0.893. The lowest BCUT2D eigenvalue weighted by molar-refractivity contribution is 0.621. The molecule has 0 aliphatic carbocycles. The maximum Gasteiger partial charge on any atom is 0.156 e. The highest BCUT2D eigenvalue weighted by Gasteiger charge is 2.21. The number of thiophene rings is 1. The maximum atomic E-state index is 4.53. The number of hydrogen-bond acceptors (Lipinski definition) is 4. The van der Waals surface area contributed by atoms with Gasteiger partial charge in [0.1, 0.15) is 0 Å². The molecule has 0 aromatic carbocycles. The van der Waals surface area contributed by atoms with Crippen LogP contribution in [0.3, 0.4) is 0 Å². The van der Waals surface area contributed by atoms with E-state index in [4.69, 9.17) is 0 Å². The largest absolute Gasteiger partial charge is 0.365 e. The lowest BCUT2D eigenvalue weighted by atomic mass is 10.1. The predicted octanol–water partition coefficient (Wildman–Crippen LogP) is 3.01. The molecule has 1 aromatic rings. The summed E-state index contributed by atoms with van der Waals surface area (Å²) in [4.78, 5) is 4.53. The van der Waals surface area contributed by atoms with Gasteiger partial charge in [-0.05, 0) is 34.7 Å². The van der Waals surface area contributed by atoms with Crippen LogP contribution in [0.25, 0.3) is 0 Å². The molecule has 0 saturated carbocycles. The fraction of sp³-hybridized carbons (Fsp3) is 0.583. The van der Waals surface area contributed by atoms with Crippen molar-refractivity contribution in [2.45, 2.75) is 25.5 Å². The van der Waals surface area contributed by atoms with Crippen molar-refractivity contribution in [1.29, 1.82) is 0 Å². The number of aliphatic imine (C=N–C) groups is 1. The molecule has 1 aromatic heterocycles. The fourth-order valence-electron chi connectivity index (χ4n) is 1.58. The Kier molecular flexibility index (Phi) is 4.29. The summed E-state index contributed by atoms with van der Waals surface area (Å²) in [6.45, 7) is 6.50. The highest BCUT2D eigenvalue weighted by atomic mass is 32.2. The third-order valence-electron chi connectivity index (χ3n) is 2.69. The molecule has 1 N–H and O–H groups in total. The molecule has 1 aliphatic rings. The van der Waals surface area contributed by atoms with Crippen molar-refractivity contribution in [2.75, 3.05) is 13.1 Å². The summed E-state index contributed by atoms with van der Waals surface area (Å²) in [5.74, 6) is 0.713. The Morgan fingerprint density at radius 2 is 2.44 bits per heavy atom. The van der Waals surface area contributed by atoms with Gasteiger partial charge in [-0.3, -0.25) is 4.99 Å². The Labute approximate surface area is 106 Å². The van der Waals surface area contributed by atoms with Crippen molar-refractivity contribution in [3.63, 3.8) is 0 Å². The Hall–Kier alpha value is -0.480. The predicted molar refractivity (Wildman–Crippen MR) is 74.5 cm³/mol. The zero-order valence-electron chi connectivity index (χ0n) is 9.77. The van der Waals surface area contributed by atoms with Crippen LogP contribution in [0.2, 0.25) is 0 Å². The highest BCUT2D eigenvalue weighted by Crippen LogP contribution is 2.25. The Morgan fingerprint density at radius 1 is 1.56 bits per heavy atom. The lowest BCUT2D eigenvalue weighted by Crippen LogP contribution is -2.22. The molecule has 0 spiro atoms.